The zero-order valence-electron chi connectivity index (χ0n) is 21.0. The largest absolute Gasteiger partial charge is 0.393 e. The van der Waals surface area contributed by atoms with E-state index in [0.717, 1.165) is 70.0 Å². The smallest absolute Gasteiger partial charge is 0.250 e. The third kappa shape index (κ3) is 4.31. The summed E-state index contributed by atoms with van der Waals surface area (Å²) in [5, 5.41) is 15.5. The highest BCUT2D eigenvalue weighted by Gasteiger charge is 2.22. The average Bonchev–Trinajstić information content (AvgIpc) is 3.33. The number of pyridine rings is 2. The fourth-order valence-corrected chi connectivity index (χ4v) is 5.45. The maximum absolute atomic E-state index is 12.2. The van der Waals surface area contributed by atoms with E-state index in [1.165, 1.54) is 0 Å². The summed E-state index contributed by atoms with van der Waals surface area (Å²) in [6.45, 7) is 4.06. The van der Waals surface area contributed by atoms with Crippen molar-refractivity contribution >= 4 is 39.6 Å². The predicted octanol–water partition coefficient (Wildman–Crippen LogP) is 5.70. The van der Waals surface area contributed by atoms with Crippen LogP contribution in [0.3, 0.4) is 0 Å². The summed E-state index contributed by atoms with van der Waals surface area (Å²) >= 11 is 0. The van der Waals surface area contributed by atoms with Crippen LogP contribution in [0.25, 0.3) is 44.8 Å². The van der Waals surface area contributed by atoms with E-state index < -0.39 is 5.91 Å². The molecule has 38 heavy (non-hydrogen) atoms. The number of para-hydroxylation sites is 1. The minimum absolute atomic E-state index is 0.169. The topological polar surface area (TPSA) is 106 Å². The van der Waals surface area contributed by atoms with Crippen molar-refractivity contribution in [2.75, 3.05) is 5.32 Å². The first-order chi connectivity index (χ1) is 18.5. The molecule has 0 radical (unpaired) electrons. The molecule has 1 saturated carbocycles. The summed E-state index contributed by atoms with van der Waals surface area (Å²) in [6, 6.07) is 18.0. The zero-order chi connectivity index (χ0) is 26.2. The highest BCUT2D eigenvalue weighted by molar-refractivity contribution is 6.02. The van der Waals surface area contributed by atoms with Crippen LogP contribution in [0.4, 0.5) is 5.69 Å². The molecule has 6 rings (SSSR count). The Morgan fingerprint density at radius 2 is 1.89 bits per heavy atom. The van der Waals surface area contributed by atoms with Gasteiger partial charge in [0.15, 0.2) is 0 Å². The molecule has 1 aliphatic rings. The molecule has 4 N–H and O–H groups in total. The molecule has 7 nitrogen and oxygen atoms in total. The lowest BCUT2D eigenvalue weighted by molar-refractivity contribution is 0.100. The number of rotatable bonds is 6. The van der Waals surface area contributed by atoms with Crippen LogP contribution in [0.15, 0.2) is 79.8 Å². The highest BCUT2D eigenvalue weighted by atomic mass is 16.3. The number of aliphatic hydroxyl groups excluding tert-OH is 1. The normalized spacial score (nSPS) is 17.5. The Balaban J connectivity index is 1.46. The molecule has 1 amide bonds. The number of carbonyl (C=O) groups is 1. The Kier molecular flexibility index (Phi) is 6.13. The number of aromatic nitrogens is 3. The van der Waals surface area contributed by atoms with Gasteiger partial charge in [-0.05, 0) is 67.6 Å². The van der Waals surface area contributed by atoms with Gasteiger partial charge in [0.1, 0.15) is 5.65 Å². The summed E-state index contributed by atoms with van der Waals surface area (Å²) in [7, 11) is 0. The van der Waals surface area contributed by atoms with Crippen molar-refractivity contribution < 1.29 is 9.90 Å². The van der Waals surface area contributed by atoms with Crippen LogP contribution in [0.1, 0.15) is 41.6 Å². The number of aliphatic hydroxyl groups is 1. The number of benzene rings is 2. The molecule has 2 aromatic carbocycles. The van der Waals surface area contributed by atoms with Gasteiger partial charge in [-0.15, -0.1) is 0 Å². The second-order valence-corrected chi connectivity index (χ2v) is 9.88. The van der Waals surface area contributed by atoms with Crippen molar-refractivity contribution in [3.05, 3.63) is 90.9 Å². The Morgan fingerprint density at radius 1 is 1.08 bits per heavy atom. The van der Waals surface area contributed by atoms with E-state index in [2.05, 4.69) is 29.0 Å². The van der Waals surface area contributed by atoms with Gasteiger partial charge in [-0.2, -0.15) is 0 Å². The molecule has 0 unspecified atom stereocenters. The number of hydrogen-bond acceptors (Lipinski definition) is 5. The fourth-order valence-electron chi connectivity index (χ4n) is 5.45. The van der Waals surface area contributed by atoms with Crippen LogP contribution in [0, 0.1) is 0 Å². The number of anilines is 1. The Hall–Kier alpha value is -4.49. The van der Waals surface area contributed by atoms with E-state index in [0.29, 0.717) is 11.3 Å². The van der Waals surface area contributed by atoms with Gasteiger partial charge < -0.3 is 20.7 Å². The molecule has 0 spiro atoms. The predicted molar refractivity (Wildman–Crippen MR) is 152 cm³/mol. The van der Waals surface area contributed by atoms with Gasteiger partial charge in [0.05, 0.1) is 17.2 Å². The van der Waals surface area contributed by atoms with Crippen molar-refractivity contribution in [2.24, 2.45) is 5.73 Å². The minimum Gasteiger partial charge on any atom is -0.393 e. The quantitative estimate of drug-likeness (QED) is 0.276. The zero-order valence-corrected chi connectivity index (χ0v) is 21.0. The van der Waals surface area contributed by atoms with Gasteiger partial charge in [0.25, 0.3) is 5.91 Å². The minimum atomic E-state index is -0.483. The highest BCUT2D eigenvalue weighted by Crippen LogP contribution is 2.35. The molecule has 1 fully saturated rings. The number of primary amides is 1. The van der Waals surface area contributed by atoms with Crippen LogP contribution in [-0.2, 0) is 0 Å². The molecule has 0 saturated heterocycles. The first-order valence-corrected chi connectivity index (χ1v) is 12.9. The lowest BCUT2D eigenvalue weighted by atomic mass is 9.92. The fraction of sp³-hybridized carbons (Fsp3) is 0.194. The number of nitrogens with one attached hydrogen (secondary N) is 1. The van der Waals surface area contributed by atoms with E-state index >= 15 is 0 Å². The molecule has 0 atom stereocenters. The molecule has 3 aromatic heterocycles. The van der Waals surface area contributed by atoms with E-state index in [-0.39, 0.29) is 12.1 Å². The van der Waals surface area contributed by atoms with Gasteiger partial charge in [0, 0.05) is 57.9 Å². The molecule has 0 aliphatic heterocycles. The van der Waals surface area contributed by atoms with E-state index in [9.17, 15) is 9.90 Å². The molecule has 7 heteroatoms. The van der Waals surface area contributed by atoms with Gasteiger partial charge in [0.2, 0.25) is 0 Å². The van der Waals surface area contributed by atoms with Crippen molar-refractivity contribution in [2.45, 2.75) is 37.8 Å². The third-order valence-electron chi connectivity index (χ3n) is 7.44. The van der Waals surface area contributed by atoms with Crippen molar-refractivity contribution in [3.63, 3.8) is 0 Å². The number of nitrogens with zero attached hydrogens (tertiary/aromatic N) is 3. The van der Waals surface area contributed by atoms with Crippen LogP contribution in [0.5, 0.6) is 0 Å². The van der Waals surface area contributed by atoms with Gasteiger partial charge in [-0.1, -0.05) is 30.9 Å². The van der Waals surface area contributed by atoms with Crippen LogP contribution >= 0.6 is 0 Å². The summed E-state index contributed by atoms with van der Waals surface area (Å²) in [5.74, 6) is -0.483. The Labute approximate surface area is 220 Å². The second-order valence-electron chi connectivity index (χ2n) is 9.88. The first-order valence-electron chi connectivity index (χ1n) is 12.9. The number of fused-ring (bicyclic) bond motifs is 2. The van der Waals surface area contributed by atoms with Crippen LogP contribution < -0.4 is 11.1 Å². The summed E-state index contributed by atoms with van der Waals surface area (Å²) in [4.78, 5) is 21.6. The number of hydrogen-bond donors (Lipinski definition) is 3. The molecule has 190 valence electrons. The number of amides is 1. The van der Waals surface area contributed by atoms with Gasteiger partial charge >= 0.3 is 0 Å². The van der Waals surface area contributed by atoms with Gasteiger partial charge in [-0.25, -0.2) is 4.98 Å². The summed E-state index contributed by atoms with van der Waals surface area (Å²) < 4.78 is 2.02. The van der Waals surface area contributed by atoms with E-state index in [4.69, 9.17) is 10.7 Å². The monoisotopic (exact) mass is 503 g/mol. The Bertz CT molecular complexity index is 1680. The molecule has 3 heterocycles. The van der Waals surface area contributed by atoms with Crippen LogP contribution in [0.2, 0.25) is 0 Å². The van der Waals surface area contributed by atoms with Crippen molar-refractivity contribution in [1.29, 1.82) is 0 Å². The molecular formula is C31H29N5O2. The maximum Gasteiger partial charge on any atom is 0.250 e. The average molecular weight is 504 g/mol. The molecular weight excluding hydrogens is 474 g/mol. The van der Waals surface area contributed by atoms with Crippen LogP contribution in [-0.4, -0.2) is 37.7 Å². The van der Waals surface area contributed by atoms with Crippen molar-refractivity contribution in [1.82, 2.24) is 14.5 Å². The van der Waals surface area contributed by atoms with E-state index in [1.807, 2.05) is 59.4 Å². The SMILES string of the molecule is C=Cc1cn(-c2ccc(C(N)=O)c(NC3CCC(O)CC3)c2)c2nccc(-c3cnc4ccccc4c3)c12. The molecule has 0 bridgehead atoms. The summed E-state index contributed by atoms with van der Waals surface area (Å²) in [5.41, 5.74) is 12.4. The number of carbonyl (C=O) groups excluding carboxylic acids is 1. The Morgan fingerprint density at radius 3 is 2.68 bits per heavy atom. The molecule has 1 aliphatic carbocycles. The second kappa shape index (κ2) is 9.76. The molecule has 5 aromatic rings. The summed E-state index contributed by atoms with van der Waals surface area (Å²) in [6.07, 6.45) is 10.5. The third-order valence-corrected chi connectivity index (χ3v) is 7.44. The van der Waals surface area contributed by atoms with Gasteiger partial charge in [-0.3, -0.25) is 9.78 Å². The lowest BCUT2D eigenvalue weighted by Crippen LogP contribution is -2.29. The van der Waals surface area contributed by atoms with E-state index in [1.54, 1.807) is 12.3 Å². The maximum atomic E-state index is 12.2. The number of nitrogens with two attached hydrogens (primary N) is 1. The van der Waals surface area contributed by atoms with Crippen molar-refractivity contribution in [3.8, 4) is 16.8 Å². The standard InChI is InChI=1S/C31H29N5O2/c1-2-19-18-36(23-9-12-26(30(32)38)28(16-23)35-22-7-10-24(37)11-8-22)31-29(19)25(13-14-33-31)21-15-20-5-3-4-6-27(20)34-17-21/h2-6,9,12-18,22,24,35,37H,1,7-8,10-11H2,(H2,32,38). The lowest BCUT2D eigenvalue weighted by Gasteiger charge is -2.28. The first kappa shape index (κ1) is 23.9.